The molecule has 0 aliphatic rings. The van der Waals surface area contributed by atoms with E-state index >= 15 is 0 Å². The Hall–Kier alpha value is -2.16. The fraction of sp³-hybridized carbons (Fsp3) is 0.200. The van der Waals surface area contributed by atoms with Gasteiger partial charge in [0, 0.05) is 23.2 Å². The molecule has 0 aliphatic heterocycles. The minimum Gasteiger partial charge on any atom is -0.348 e. The van der Waals surface area contributed by atoms with Gasteiger partial charge in [0.05, 0.1) is 17.5 Å². The number of hydrogen-bond acceptors (Lipinski definition) is 2. The van der Waals surface area contributed by atoms with Gasteiger partial charge in [0.2, 0.25) is 0 Å². The molecule has 0 bridgehead atoms. The van der Waals surface area contributed by atoms with Crippen LogP contribution in [0, 0.1) is 6.92 Å². The summed E-state index contributed by atoms with van der Waals surface area (Å²) >= 11 is 0. The fourth-order valence-electron chi connectivity index (χ4n) is 2.43. The number of aryl methyl sites for hydroxylation is 1. The van der Waals surface area contributed by atoms with Crippen molar-refractivity contribution in [2.24, 2.45) is 0 Å². The standard InChI is InChI=1S/C15H15N3/c1-10(14-11(2)17-9-18-14)13-7-3-5-12-6-4-8-16-15(12)13/h3-10H,1-2H3,(H,17,18). The van der Waals surface area contributed by atoms with E-state index in [-0.39, 0.29) is 5.92 Å². The van der Waals surface area contributed by atoms with Crippen molar-refractivity contribution >= 4 is 10.9 Å². The van der Waals surface area contributed by atoms with Crippen LogP contribution < -0.4 is 0 Å². The van der Waals surface area contributed by atoms with E-state index in [1.54, 1.807) is 6.33 Å². The number of pyridine rings is 1. The van der Waals surface area contributed by atoms with Crippen molar-refractivity contribution in [1.82, 2.24) is 15.0 Å². The summed E-state index contributed by atoms with van der Waals surface area (Å²) in [5.74, 6) is 0.245. The van der Waals surface area contributed by atoms with Gasteiger partial charge in [0.15, 0.2) is 0 Å². The molecule has 1 aromatic carbocycles. The maximum absolute atomic E-state index is 4.50. The summed E-state index contributed by atoms with van der Waals surface area (Å²) < 4.78 is 0. The maximum Gasteiger partial charge on any atom is 0.0925 e. The van der Waals surface area contributed by atoms with E-state index in [0.717, 1.165) is 16.9 Å². The third-order valence-corrected chi connectivity index (χ3v) is 3.41. The van der Waals surface area contributed by atoms with Crippen molar-refractivity contribution in [2.45, 2.75) is 19.8 Å². The van der Waals surface area contributed by atoms with Gasteiger partial charge < -0.3 is 4.98 Å². The summed E-state index contributed by atoms with van der Waals surface area (Å²) in [4.78, 5) is 12.1. The highest BCUT2D eigenvalue weighted by Gasteiger charge is 2.16. The molecule has 0 saturated heterocycles. The molecule has 0 fully saturated rings. The number of aromatic amines is 1. The van der Waals surface area contributed by atoms with Crippen LogP contribution in [0.25, 0.3) is 10.9 Å². The second-order valence-corrected chi connectivity index (χ2v) is 4.56. The number of nitrogens with zero attached hydrogens (tertiary/aromatic N) is 2. The Morgan fingerprint density at radius 1 is 1.11 bits per heavy atom. The Morgan fingerprint density at radius 2 is 1.94 bits per heavy atom. The van der Waals surface area contributed by atoms with Crippen molar-refractivity contribution in [2.75, 3.05) is 0 Å². The molecule has 1 atom stereocenters. The number of nitrogens with one attached hydrogen (secondary N) is 1. The average molecular weight is 237 g/mol. The minimum atomic E-state index is 0.245. The normalized spacial score (nSPS) is 12.8. The van der Waals surface area contributed by atoms with E-state index in [0.29, 0.717) is 0 Å². The molecule has 0 saturated carbocycles. The van der Waals surface area contributed by atoms with Crippen LogP contribution in [0.1, 0.15) is 29.8 Å². The molecule has 0 radical (unpaired) electrons. The van der Waals surface area contributed by atoms with Gasteiger partial charge in [-0.1, -0.05) is 31.2 Å². The molecule has 2 heterocycles. The zero-order chi connectivity index (χ0) is 12.5. The Labute approximate surface area is 106 Å². The van der Waals surface area contributed by atoms with Gasteiger partial charge in [-0.2, -0.15) is 0 Å². The number of fused-ring (bicyclic) bond motifs is 1. The first-order valence-electron chi connectivity index (χ1n) is 6.11. The quantitative estimate of drug-likeness (QED) is 0.742. The van der Waals surface area contributed by atoms with E-state index in [1.807, 2.05) is 12.3 Å². The number of aromatic nitrogens is 3. The van der Waals surface area contributed by atoms with Gasteiger partial charge in [0.1, 0.15) is 0 Å². The summed E-state index contributed by atoms with van der Waals surface area (Å²) in [5, 5.41) is 1.18. The number of H-pyrrole nitrogens is 1. The van der Waals surface area contributed by atoms with Gasteiger partial charge in [-0.25, -0.2) is 4.98 Å². The first-order chi connectivity index (χ1) is 8.77. The molecule has 0 amide bonds. The molecule has 90 valence electrons. The van der Waals surface area contributed by atoms with Gasteiger partial charge in [0.25, 0.3) is 0 Å². The van der Waals surface area contributed by atoms with Gasteiger partial charge >= 0.3 is 0 Å². The van der Waals surface area contributed by atoms with Gasteiger partial charge in [-0.05, 0) is 18.6 Å². The largest absolute Gasteiger partial charge is 0.348 e. The maximum atomic E-state index is 4.50. The van der Waals surface area contributed by atoms with Gasteiger partial charge in [-0.15, -0.1) is 0 Å². The number of para-hydroxylation sites is 1. The molecule has 3 aromatic rings. The summed E-state index contributed by atoms with van der Waals surface area (Å²) in [7, 11) is 0. The second kappa shape index (κ2) is 4.26. The summed E-state index contributed by atoms with van der Waals surface area (Å²) in [6.07, 6.45) is 3.59. The van der Waals surface area contributed by atoms with Crippen molar-refractivity contribution in [1.29, 1.82) is 0 Å². The highest BCUT2D eigenvalue weighted by molar-refractivity contribution is 5.82. The van der Waals surface area contributed by atoms with Crippen LogP contribution in [0.2, 0.25) is 0 Å². The summed E-state index contributed by atoms with van der Waals surface area (Å²) in [6, 6.07) is 10.4. The first-order valence-corrected chi connectivity index (χ1v) is 6.11. The summed E-state index contributed by atoms with van der Waals surface area (Å²) in [6.45, 7) is 4.23. The Bertz CT molecular complexity index is 680. The minimum absolute atomic E-state index is 0.245. The van der Waals surface area contributed by atoms with Crippen LogP contribution in [0.15, 0.2) is 42.9 Å². The molecule has 3 heteroatoms. The zero-order valence-electron chi connectivity index (χ0n) is 10.5. The van der Waals surface area contributed by atoms with Crippen molar-refractivity contribution in [3.63, 3.8) is 0 Å². The predicted molar refractivity (Wildman–Crippen MR) is 72.6 cm³/mol. The molecule has 3 nitrogen and oxygen atoms in total. The van der Waals surface area contributed by atoms with Crippen molar-refractivity contribution < 1.29 is 0 Å². The van der Waals surface area contributed by atoms with Crippen LogP contribution in [0.4, 0.5) is 0 Å². The lowest BCUT2D eigenvalue weighted by Crippen LogP contribution is -2.00. The highest BCUT2D eigenvalue weighted by atomic mass is 14.9. The molecule has 3 rings (SSSR count). The van der Waals surface area contributed by atoms with Gasteiger partial charge in [-0.3, -0.25) is 4.98 Å². The van der Waals surface area contributed by atoms with Crippen LogP contribution in [0.5, 0.6) is 0 Å². The Balaban J connectivity index is 2.18. The van der Waals surface area contributed by atoms with E-state index in [4.69, 9.17) is 0 Å². The van der Waals surface area contributed by atoms with Crippen molar-refractivity contribution in [3.05, 3.63) is 59.8 Å². The van der Waals surface area contributed by atoms with E-state index in [2.05, 4.69) is 53.1 Å². The zero-order valence-corrected chi connectivity index (χ0v) is 10.5. The van der Waals surface area contributed by atoms with E-state index < -0.39 is 0 Å². The van der Waals surface area contributed by atoms with Crippen LogP contribution in [-0.4, -0.2) is 15.0 Å². The number of rotatable bonds is 2. The molecular formula is C15H15N3. The molecule has 18 heavy (non-hydrogen) atoms. The van der Waals surface area contributed by atoms with E-state index in [1.165, 1.54) is 10.9 Å². The van der Waals surface area contributed by atoms with Crippen LogP contribution in [-0.2, 0) is 0 Å². The molecule has 0 aliphatic carbocycles. The lowest BCUT2D eigenvalue weighted by Gasteiger charge is -2.12. The number of imidazole rings is 1. The third-order valence-electron chi connectivity index (χ3n) is 3.41. The number of hydrogen-bond donors (Lipinski definition) is 1. The first kappa shape index (κ1) is 11.0. The number of benzene rings is 1. The predicted octanol–water partition coefficient (Wildman–Crippen LogP) is 3.42. The second-order valence-electron chi connectivity index (χ2n) is 4.56. The SMILES string of the molecule is Cc1[nH]cnc1C(C)c1cccc2cccnc12. The third kappa shape index (κ3) is 1.68. The smallest absolute Gasteiger partial charge is 0.0925 e. The monoisotopic (exact) mass is 237 g/mol. The fourth-order valence-corrected chi connectivity index (χ4v) is 2.43. The average Bonchev–Trinajstić information content (AvgIpc) is 2.83. The molecule has 1 N–H and O–H groups in total. The molecule has 0 spiro atoms. The highest BCUT2D eigenvalue weighted by Crippen LogP contribution is 2.29. The summed E-state index contributed by atoms with van der Waals surface area (Å²) in [5.41, 5.74) is 4.50. The molecular weight excluding hydrogens is 222 g/mol. The van der Waals surface area contributed by atoms with Crippen LogP contribution in [0.3, 0.4) is 0 Å². The lowest BCUT2D eigenvalue weighted by molar-refractivity contribution is 0.876. The Morgan fingerprint density at radius 3 is 2.72 bits per heavy atom. The molecule has 2 aromatic heterocycles. The lowest BCUT2D eigenvalue weighted by atomic mass is 9.94. The van der Waals surface area contributed by atoms with Crippen molar-refractivity contribution in [3.8, 4) is 0 Å². The van der Waals surface area contributed by atoms with Crippen LogP contribution >= 0.6 is 0 Å². The topological polar surface area (TPSA) is 41.6 Å². The Kier molecular flexibility index (Phi) is 2.59. The molecule has 1 unspecified atom stereocenters. The van der Waals surface area contributed by atoms with E-state index in [9.17, 15) is 0 Å².